The van der Waals surface area contributed by atoms with E-state index in [-0.39, 0.29) is 17.3 Å². The number of anilines is 1. The maximum absolute atomic E-state index is 11.7. The average Bonchev–Trinajstić information content (AvgIpc) is 2.58. The fourth-order valence-corrected chi connectivity index (χ4v) is 1.18. The molecule has 0 radical (unpaired) electrons. The molecular weight excluding hydrogens is 210 g/mol. The molecule has 0 aliphatic rings. The van der Waals surface area contributed by atoms with E-state index in [1.54, 1.807) is 14.0 Å². The normalized spacial score (nSPS) is 11.9. The number of aryl methyl sites for hydroxylation is 1. The summed E-state index contributed by atoms with van der Waals surface area (Å²) in [6.07, 6.45) is 1.36. The molecule has 0 aliphatic heterocycles. The van der Waals surface area contributed by atoms with E-state index < -0.39 is 11.9 Å². The Morgan fingerprint density at radius 1 is 1.56 bits per heavy atom. The lowest BCUT2D eigenvalue weighted by molar-refractivity contribution is -0.122. The number of aromatic nitrogens is 2. The van der Waals surface area contributed by atoms with Gasteiger partial charge in [0.15, 0.2) is 0 Å². The van der Waals surface area contributed by atoms with E-state index in [2.05, 4.69) is 15.7 Å². The molecule has 0 fully saturated rings. The van der Waals surface area contributed by atoms with Crippen molar-refractivity contribution < 1.29 is 9.59 Å². The smallest absolute Gasteiger partial charge is 0.257 e. The monoisotopic (exact) mass is 225 g/mol. The second kappa shape index (κ2) is 4.65. The molecule has 0 aliphatic carbocycles. The molecule has 2 amide bonds. The molecule has 88 valence electrons. The molecule has 1 atom stereocenters. The summed E-state index contributed by atoms with van der Waals surface area (Å²) in [6, 6.07) is -0.614. The van der Waals surface area contributed by atoms with Gasteiger partial charge in [0.1, 0.15) is 17.4 Å². The zero-order valence-electron chi connectivity index (χ0n) is 9.44. The van der Waals surface area contributed by atoms with Crippen LogP contribution in [0.3, 0.4) is 0 Å². The Kier molecular flexibility index (Phi) is 3.49. The van der Waals surface area contributed by atoms with Gasteiger partial charge in [-0.2, -0.15) is 5.10 Å². The molecule has 16 heavy (non-hydrogen) atoms. The van der Waals surface area contributed by atoms with E-state index in [9.17, 15) is 9.59 Å². The molecule has 1 heterocycles. The Balaban J connectivity index is 2.73. The van der Waals surface area contributed by atoms with Crippen LogP contribution in [0.15, 0.2) is 6.20 Å². The van der Waals surface area contributed by atoms with Crippen molar-refractivity contribution in [2.24, 2.45) is 7.05 Å². The van der Waals surface area contributed by atoms with Gasteiger partial charge in [-0.15, -0.1) is 0 Å². The lowest BCUT2D eigenvalue weighted by atomic mass is 10.2. The number of nitrogens with one attached hydrogen (secondary N) is 2. The van der Waals surface area contributed by atoms with Crippen LogP contribution in [0.4, 0.5) is 5.82 Å². The van der Waals surface area contributed by atoms with Gasteiger partial charge in [0.2, 0.25) is 5.91 Å². The van der Waals surface area contributed by atoms with Crippen molar-refractivity contribution in [1.29, 1.82) is 0 Å². The van der Waals surface area contributed by atoms with E-state index in [1.807, 2.05) is 0 Å². The number of nitrogen functional groups attached to an aromatic ring is 1. The van der Waals surface area contributed by atoms with Crippen molar-refractivity contribution >= 4 is 17.6 Å². The second-order valence-electron chi connectivity index (χ2n) is 3.38. The summed E-state index contributed by atoms with van der Waals surface area (Å²) in [5.74, 6) is -0.417. The van der Waals surface area contributed by atoms with Crippen molar-refractivity contribution in [3.63, 3.8) is 0 Å². The molecule has 7 heteroatoms. The molecule has 1 aromatic heterocycles. The summed E-state index contributed by atoms with van der Waals surface area (Å²) in [5.41, 5.74) is 5.89. The highest BCUT2D eigenvalue weighted by Gasteiger charge is 2.18. The van der Waals surface area contributed by atoms with E-state index >= 15 is 0 Å². The third-order valence-corrected chi connectivity index (χ3v) is 2.22. The molecule has 1 aromatic rings. The number of hydrogen-bond acceptors (Lipinski definition) is 4. The second-order valence-corrected chi connectivity index (χ2v) is 3.38. The van der Waals surface area contributed by atoms with Gasteiger partial charge in [-0.05, 0) is 6.92 Å². The van der Waals surface area contributed by atoms with Gasteiger partial charge in [-0.3, -0.25) is 14.3 Å². The highest BCUT2D eigenvalue weighted by Crippen LogP contribution is 2.08. The van der Waals surface area contributed by atoms with Crippen LogP contribution < -0.4 is 16.4 Å². The van der Waals surface area contributed by atoms with E-state index in [0.29, 0.717) is 0 Å². The predicted octanol–water partition coefficient (Wildman–Crippen LogP) is -1.13. The van der Waals surface area contributed by atoms with E-state index in [4.69, 9.17) is 5.73 Å². The van der Waals surface area contributed by atoms with Gasteiger partial charge in [0.05, 0.1) is 6.20 Å². The lowest BCUT2D eigenvalue weighted by Crippen LogP contribution is -2.43. The molecular formula is C9H15N5O2. The third-order valence-electron chi connectivity index (χ3n) is 2.22. The molecule has 7 nitrogen and oxygen atoms in total. The first kappa shape index (κ1) is 12.0. The molecule has 0 saturated heterocycles. The largest absolute Gasteiger partial charge is 0.383 e. The highest BCUT2D eigenvalue weighted by molar-refractivity contribution is 6.00. The summed E-state index contributed by atoms with van der Waals surface area (Å²) in [4.78, 5) is 22.9. The van der Waals surface area contributed by atoms with Crippen LogP contribution in [0.1, 0.15) is 17.3 Å². The van der Waals surface area contributed by atoms with Crippen molar-refractivity contribution in [3.05, 3.63) is 11.8 Å². The number of carbonyl (C=O) groups excluding carboxylic acids is 2. The minimum absolute atomic E-state index is 0.262. The van der Waals surface area contributed by atoms with Gasteiger partial charge in [-0.25, -0.2) is 0 Å². The Morgan fingerprint density at radius 2 is 2.19 bits per heavy atom. The number of likely N-dealkylation sites (N-methyl/N-ethyl adjacent to an activating group) is 1. The van der Waals surface area contributed by atoms with Crippen LogP contribution in [-0.2, 0) is 11.8 Å². The zero-order chi connectivity index (χ0) is 12.3. The minimum atomic E-state index is -0.614. The summed E-state index contributed by atoms with van der Waals surface area (Å²) in [5, 5.41) is 8.79. The SMILES string of the molecule is CNC(=O)C(C)NC(=O)c1cnn(C)c1N. The third kappa shape index (κ3) is 2.30. The van der Waals surface area contributed by atoms with Crippen LogP contribution in [-0.4, -0.2) is 34.7 Å². The summed E-state index contributed by atoms with van der Waals surface area (Å²) >= 11 is 0. The van der Waals surface area contributed by atoms with Gasteiger partial charge >= 0.3 is 0 Å². The van der Waals surface area contributed by atoms with Gasteiger partial charge in [0, 0.05) is 14.1 Å². The minimum Gasteiger partial charge on any atom is -0.383 e. The molecule has 0 saturated carbocycles. The molecule has 1 rings (SSSR count). The fourth-order valence-electron chi connectivity index (χ4n) is 1.18. The number of rotatable bonds is 3. The molecule has 4 N–H and O–H groups in total. The first-order chi connectivity index (χ1) is 7.47. The van der Waals surface area contributed by atoms with E-state index in [1.165, 1.54) is 17.9 Å². The number of nitrogens with two attached hydrogens (primary N) is 1. The number of amides is 2. The molecule has 1 unspecified atom stereocenters. The summed E-state index contributed by atoms with van der Waals surface area (Å²) < 4.78 is 1.39. The standard InChI is InChI=1S/C9H15N5O2/c1-5(8(15)11-2)13-9(16)6-4-12-14(3)7(6)10/h4-5H,10H2,1-3H3,(H,11,15)(H,13,16). The topological polar surface area (TPSA) is 102 Å². The summed E-state index contributed by atoms with van der Waals surface area (Å²) in [6.45, 7) is 1.59. The number of carbonyl (C=O) groups is 2. The quantitative estimate of drug-likeness (QED) is 0.605. The predicted molar refractivity (Wildman–Crippen MR) is 58.6 cm³/mol. The maximum atomic E-state index is 11.7. The highest BCUT2D eigenvalue weighted by atomic mass is 16.2. The van der Waals surface area contributed by atoms with Gasteiger partial charge < -0.3 is 16.4 Å². The average molecular weight is 225 g/mol. The van der Waals surface area contributed by atoms with E-state index in [0.717, 1.165) is 0 Å². The van der Waals surface area contributed by atoms with Gasteiger partial charge in [0.25, 0.3) is 5.91 Å². The van der Waals surface area contributed by atoms with Crippen molar-refractivity contribution in [3.8, 4) is 0 Å². The number of nitrogens with zero attached hydrogens (tertiary/aromatic N) is 2. The van der Waals surface area contributed by atoms with Crippen LogP contribution in [0.2, 0.25) is 0 Å². The Labute approximate surface area is 93.0 Å². The van der Waals surface area contributed by atoms with Gasteiger partial charge in [-0.1, -0.05) is 0 Å². The first-order valence-corrected chi connectivity index (χ1v) is 4.77. The van der Waals surface area contributed by atoms with Crippen molar-refractivity contribution in [2.45, 2.75) is 13.0 Å². The lowest BCUT2D eigenvalue weighted by Gasteiger charge is -2.11. The summed E-state index contributed by atoms with van der Waals surface area (Å²) in [7, 11) is 3.14. The molecule has 0 bridgehead atoms. The van der Waals surface area contributed by atoms with Crippen LogP contribution in [0.5, 0.6) is 0 Å². The molecule has 0 aromatic carbocycles. The van der Waals surface area contributed by atoms with Crippen molar-refractivity contribution in [2.75, 3.05) is 12.8 Å². The van der Waals surface area contributed by atoms with Crippen molar-refractivity contribution in [1.82, 2.24) is 20.4 Å². The number of hydrogen-bond donors (Lipinski definition) is 3. The van der Waals surface area contributed by atoms with Crippen LogP contribution in [0, 0.1) is 0 Å². The fraction of sp³-hybridized carbons (Fsp3) is 0.444. The maximum Gasteiger partial charge on any atom is 0.257 e. The molecule has 0 spiro atoms. The Bertz CT molecular complexity index is 412. The van der Waals surface area contributed by atoms with Crippen LogP contribution in [0.25, 0.3) is 0 Å². The Morgan fingerprint density at radius 3 is 2.62 bits per heavy atom. The first-order valence-electron chi connectivity index (χ1n) is 4.77. The zero-order valence-corrected chi connectivity index (χ0v) is 9.44. The van der Waals surface area contributed by atoms with Crippen LogP contribution >= 0.6 is 0 Å². The Hall–Kier alpha value is -2.05.